The van der Waals surface area contributed by atoms with Crippen molar-refractivity contribution in [1.82, 2.24) is 0 Å². The number of thioether (sulfide) groups is 1. The average molecular weight is 232 g/mol. The minimum atomic E-state index is 0.485. The lowest BCUT2D eigenvalue weighted by Crippen LogP contribution is -2.00. The van der Waals surface area contributed by atoms with E-state index in [0.29, 0.717) is 11.6 Å². The van der Waals surface area contributed by atoms with E-state index in [9.17, 15) is 0 Å². The molecule has 0 saturated carbocycles. The molecule has 1 aromatic rings. The molecule has 0 aliphatic rings. The highest BCUT2D eigenvalue weighted by molar-refractivity contribution is 7.99. The van der Waals surface area contributed by atoms with Gasteiger partial charge >= 0.3 is 0 Å². The van der Waals surface area contributed by atoms with Gasteiger partial charge in [-0.3, -0.25) is 0 Å². The maximum atomic E-state index is 5.93. The Bertz CT molecular complexity index is 292. The highest BCUT2D eigenvalue weighted by Gasteiger charge is 2.09. The fraction of sp³-hybridized carbons (Fsp3) is 0.400. The molecule has 0 spiro atoms. The summed E-state index contributed by atoms with van der Waals surface area (Å²) in [5, 5.41) is 0.669. The van der Waals surface area contributed by atoms with E-state index in [0.717, 1.165) is 22.0 Å². The second-order valence-corrected chi connectivity index (χ2v) is 4.44. The summed E-state index contributed by atoms with van der Waals surface area (Å²) in [5.41, 5.74) is 6.69. The van der Waals surface area contributed by atoms with Crippen LogP contribution in [0.15, 0.2) is 17.0 Å². The van der Waals surface area contributed by atoms with Gasteiger partial charge in [0.05, 0.1) is 12.0 Å². The Labute approximate surface area is 93.8 Å². The van der Waals surface area contributed by atoms with E-state index in [1.165, 1.54) is 0 Å². The molecule has 2 N–H and O–H groups in total. The molecule has 0 unspecified atom stereocenters. The van der Waals surface area contributed by atoms with Crippen molar-refractivity contribution in [2.75, 3.05) is 12.9 Å². The molecule has 0 saturated heterocycles. The van der Waals surface area contributed by atoms with Crippen LogP contribution in [0.1, 0.15) is 12.5 Å². The highest BCUT2D eigenvalue weighted by Crippen LogP contribution is 2.35. The number of hydrogen-bond donors (Lipinski definition) is 1. The second kappa shape index (κ2) is 5.49. The van der Waals surface area contributed by atoms with Gasteiger partial charge in [-0.25, -0.2) is 0 Å². The summed E-state index contributed by atoms with van der Waals surface area (Å²) in [5.74, 6) is 1.80. The fourth-order valence-corrected chi connectivity index (χ4v) is 2.37. The van der Waals surface area contributed by atoms with Crippen LogP contribution >= 0.6 is 23.4 Å². The first kappa shape index (κ1) is 11.7. The van der Waals surface area contributed by atoms with Gasteiger partial charge in [0, 0.05) is 11.6 Å². The summed E-state index contributed by atoms with van der Waals surface area (Å²) in [6, 6.07) is 3.71. The molecule has 0 heterocycles. The van der Waals surface area contributed by atoms with Gasteiger partial charge in [0.2, 0.25) is 0 Å². The number of ether oxygens (including phenoxy) is 1. The summed E-state index contributed by atoms with van der Waals surface area (Å²) >= 11 is 7.66. The van der Waals surface area contributed by atoms with Crippen molar-refractivity contribution < 1.29 is 4.74 Å². The molecule has 0 radical (unpaired) electrons. The fourth-order valence-electron chi connectivity index (χ4n) is 1.23. The predicted molar refractivity (Wildman–Crippen MR) is 62.3 cm³/mol. The first-order valence-electron chi connectivity index (χ1n) is 4.42. The van der Waals surface area contributed by atoms with E-state index < -0.39 is 0 Å². The summed E-state index contributed by atoms with van der Waals surface area (Å²) in [6.07, 6.45) is 0. The molecule has 1 rings (SSSR count). The molecular formula is C10H14ClNOS. The highest BCUT2D eigenvalue weighted by atomic mass is 35.5. The van der Waals surface area contributed by atoms with E-state index in [-0.39, 0.29) is 0 Å². The molecule has 78 valence electrons. The topological polar surface area (TPSA) is 35.2 Å². The summed E-state index contributed by atoms with van der Waals surface area (Å²) in [4.78, 5) is 1.10. The Morgan fingerprint density at radius 1 is 1.50 bits per heavy atom. The minimum Gasteiger partial charge on any atom is -0.496 e. The van der Waals surface area contributed by atoms with Crippen LogP contribution in [0.3, 0.4) is 0 Å². The normalized spacial score (nSPS) is 10.3. The average Bonchev–Trinajstić information content (AvgIpc) is 2.20. The number of methoxy groups -OCH3 is 1. The lowest BCUT2D eigenvalue weighted by Gasteiger charge is -2.12. The second-order valence-electron chi connectivity index (χ2n) is 2.73. The van der Waals surface area contributed by atoms with Crippen molar-refractivity contribution in [2.24, 2.45) is 5.73 Å². The molecule has 0 amide bonds. The minimum absolute atomic E-state index is 0.485. The van der Waals surface area contributed by atoms with Crippen molar-refractivity contribution in [3.8, 4) is 5.75 Å². The van der Waals surface area contributed by atoms with E-state index in [1.54, 1.807) is 18.9 Å². The van der Waals surface area contributed by atoms with Crippen molar-refractivity contribution in [3.63, 3.8) is 0 Å². The SMILES string of the molecule is CCSc1c(CN)cc(Cl)cc1OC. The number of halogens is 1. The smallest absolute Gasteiger partial charge is 0.134 e. The molecule has 4 heteroatoms. The molecule has 0 aromatic heterocycles. The van der Waals surface area contributed by atoms with E-state index in [1.807, 2.05) is 12.1 Å². The molecule has 1 aromatic carbocycles. The zero-order valence-corrected chi connectivity index (χ0v) is 9.91. The standard InChI is InChI=1S/C10H14ClNOS/c1-3-14-10-7(6-12)4-8(11)5-9(10)13-2/h4-5H,3,6,12H2,1-2H3. The van der Waals surface area contributed by atoms with Crippen molar-refractivity contribution >= 4 is 23.4 Å². The molecular weight excluding hydrogens is 218 g/mol. The van der Waals surface area contributed by atoms with Crippen LogP contribution in [0.4, 0.5) is 0 Å². The van der Waals surface area contributed by atoms with E-state index in [4.69, 9.17) is 22.1 Å². The molecule has 2 nitrogen and oxygen atoms in total. The van der Waals surface area contributed by atoms with Crippen LogP contribution in [0, 0.1) is 0 Å². The molecule has 0 atom stereocenters. The van der Waals surface area contributed by atoms with Gasteiger partial charge in [-0.1, -0.05) is 18.5 Å². The van der Waals surface area contributed by atoms with Gasteiger partial charge in [-0.2, -0.15) is 0 Å². The van der Waals surface area contributed by atoms with Crippen LogP contribution in [0.25, 0.3) is 0 Å². The zero-order chi connectivity index (χ0) is 10.6. The molecule has 14 heavy (non-hydrogen) atoms. The quantitative estimate of drug-likeness (QED) is 0.810. The molecule has 0 bridgehead atoms. The van der Waals surface area contributed by atoms with Crippen LogP contribution in [0.2, 0.25) is 5.02 Å². The van der Waals surface area contributed by atoms with E-state index >= 15 is 0 Å². The Morgan fingerprint density at radius 3 is 2.71 bits per heavy atom. The Balaban J connectivity index is 3.18. The van der Waals surface area contributed by atoms with Gasteiger partial charge in [0.25, 0.3) is 0 Å². The third-order valence-corrected chi connectivity index (χ3v) is 3.08. The third-order valence-electron chi connectivity index (χ3n) is 1.83. The van der Waals surface area contributed by atoms with Crippen LogP contribution in [-0.2, 0) is 6.54 Å². The third kappa shape index (κ3) is 2.56. The molecule has 0 aliphatic carbocycles. The van der Waals surface area contributed by atoms with Crippen molar-refractivity contribution in [1.29, 1.82) is 0 Å². The maximum Gasteiger partial charge on any atom is 0.134 e. The Hall–Kier alpha value is -0.380. The monoisotopic (exact) mass is 231 g/mol. The Morgan fingerprint density at radius 2 is 2.21 bits per heavy atom. The zero-order valence-electron chi connectivity index (χ0n) is 8.34. The summed E-state index contributed by atoms with van der Waals surface area (Å²) in [7, 11) is 1.64. The summed E-state index contributed by atoms with van der Waals surface area (Å²) < 4.78 is 5.26. The van der Waals surface area contributed by atoms with E-state index in [2.05, 4.69) is 6.92 Å². The first-order chi connectivity index (χ1) is 6.72. The number of hydrogen-bond acceptors (Lipinski definition) is 3. The lowest BCUT2D eigenvalue weighted by molar-refractivity contribution is 0.404. The van der Waals surface area contributed by atoms with Gasteiger partial charge < -0.3 is 10.5 Å². The van der Waals surface area contributed by atoms with Gasteiger partial charge in [-0.15, -0.1) is 11.8 Å². The largest absolute Gasteiger partial charge is 0.496 e. The predicted octanol–water partition coefficient (Wildman–Crippen LogP) is 2.92. The molecule has 0 aliphatic heterocycles. The van der Waals surface area contributed by atoms with Crippen molar-refractivity contribution in [2.45, 2.75) is 18.4 Å². The maximum absolute atomic E-state index is 5.93. The van der Waals surface area contributed by atoms with Crippen LogP contribution < -0.4 is 10.5 Å². The molecule has 0 fully saturated rings. The lowest BCUT2D eigenvalue weighted by atomic mass is 10.2. The summed E-state index contributed by atoms with van der Waals surface area (Å²) in [6.45, 7) is 2.58. The number of nitrogens with two attached hydrogens (primary N) is 1. The van der Waals surface area contributed by atoms with Crippen LogP contribution in [-0.4, -0.2) is 12.9 Å². The first-order valence-corrected chi connectivity index (χ1v) is 5.78. The van der Waals surface area contributed by atoms with Gasteiger partial charge in [0.15, 0.2) is 0 Å². The van der Waals surface area contributed by atoms with Crippen LogP contribution in [0.5, 0.6) is 5.75 Å². The Kier molecular flexibility index (Phi) is 4.58. The van der Waals surface area contributed by atoms with Gasteiger partial charge in [-0.05, 0) is 23.4 Å². The number of benzene rings is 1. The number of rotatable bonds is 4. The van der Waals surface area contributed by atoms with Crippen molar-refractivity contribution in [3.05, 3.63) is 22.7 Å². The van der Waals surface area contributed by atoms with Gasteiger partial charge in [0.1, 0.15) is 5.75 Å².